The number of rotatable bonds is 5. The van der Waals surface area contributed by atoms with Gasteiger partial charge in [-0.05, 0) is 54.6 Å². The van der Waals surface area contributed by atoms with Gasteiger partial charge >= 0.3 is 5.97 Å². The number of ether oxygens (including phenoxy) is 1. The first-order valence-electron chi connectivity index (χ1n) is 8.57. The van der Waals surface area contributed by atoms with Crippen molar-refractivity contribution in [3.05, 3.63) is 75.6 Å². The van der Waals surface area contributed by atoms with Gasteiger partial charge in [-0.15, -0.1) is 0 Å². The summed E-state index contributed by atoms with van der Waals surface area (Å²) < 4.78 is 4.68. The van der Waals surface area contributed by atoms with Crippen LogP contribution in [0.1, 0.15) is 27.9 Å². The summed E-state index contributed by atoms with van der Waals surface area (Å²) in [7, 11) is 1.31. The van der Waals surface area contributed by atoms with Crippen molar-refractivity contribution in [1.29, 1.82) is 0 Å². The minimum atomic E-state index is -0.452. The van der Waals surface area contributed by atoms with E-state index in [0.29, 0.717) is 23.2 Å². The Balaban J connectivity index is 1.65. The molecular formula is C21H20N2O4. The van der Waals surface area contributed by atoms with Crippen molar-refractivity contribution in [1.82, 2.24) is 4.98 Å². The van der Waals surface area contributed by atoms with Crippen molar-refractivity contribution in [2.24, 2.45) is 0 Å². The zero-order chi connectivity index (χ0) is 19.4. The lowest BCUT2D eigenvalue weighted by atomic mass is 10.1. The highest BCUT2D eigenvalue weighted by Crippen LogP contribution is 2.16. The molecule has 1 aromatic heterocycles. The quantitative estimate of drug-likeness (QED) is 0.681. The summed E-state index contributed by atoms with van der Waals surface area (Å²) in [4.78, 5) is 38.4. The number of fused-ring (bicyclic) bond motifs is 1. The van der Waals surface area contributed by atoms with Gasteiger partial charge in [0.15, 0.2) is 0 Å². The third-order valence-electron chi connectivity index (χ3n) is 4.30. The van der Waals surface area contributed by atoms with E-state index in [1.54, 1.807) is 31.2 Å². The van der Waals surface area contributed by atoms with Crippen LogP contribution in [0.15, 0.2) is 53.3 Å². The fourth-order valence-electron chi connectivity index (χ4n) is 2.84. The summed E-state index contributed by atoms with van der Waals surface area (Å²) in [6.07, 6.45) is 0.818. The van der Waals surface area contributed by atoms with Crippen LogP contribution in [0.4, 0.5) is 5.69 Å². The summed E-state index contributed by atoms with van der Waals surface area (Å²) in [5.41, 5.74) is 3.20. The summed E-state index contributed by atoms with van der Waals surface area (Å²) in [5.74, 6) is -0.610. The van der Waals surface area contributed by atoms with Crippen molar-refractivity contribution in [2.75, 3.05) is 12.4 Å². The van der Waals surface area contributed by atoms with Crippen LogP contribution < -0.4 is 10.9 Å². The number of aryl methyl sites for hydroxylation is 2. The zero-order valence-electron chi connectivity index (χ0n) is 15.2. The Bertz CT molecular complexity index is 1070. The third kappa shape index (κ3) is 4.41. The van der Waals surface area contributed by atoms with Gasteiger partial charge in [-0.2, -0.15) is 0 Å². The summed E-state index contributed by atoms with van der Waals surface area (Å²) >= 11 is 0. The molecular weight excluding hydrogens is 344 g/mol. The molecule has 0 saturated carbocycles. The van der Waals surface area contributed by atoms with E-state index in [1.807, 2.05) is 24.3 Å². The van der Waals surface area contributed by atoms with Crippen LogP contribution >= 0.6 is 0 Å². The lowest BCUT2D eigenvalue weighted by Gasteiger charge is -2.08. The number of carbonyl (C=O) groups is 2. The Morgan fingerprint density at radius 2 is 1.93 bits per heavy atom. The first-order valence-corrected chi connectivity index (χ1v) is 8.57. The first kappa shape index (κ1) is 18.4. The molecule has 0 atom stereocenters. The zero-order valence-corrected chi connectivity index (χ0v) is 15.2. The summed E-state index contributed by atoms with van der Waals surface area (Å²) in [6, 6.07) is 14.2. The SMILES string of the molecule is COC(=O)c1cccc(NC(=O)CCc2ccc3cc(C)c(=O)[nH]c3c2)c1. The van der Waals surface area contributed by atoms with Crippen LogP contribution in [0.5, 0.6) is 0 Å². The van der Waals surface area contributed by atoms with Crippen molar-refractivity contribution < 1.29 is 14.3 Å². The van der Waals surface area contributed by atoms with Gasteiger partial charge in [0, 0.05) is 23.2 Å². The second-order valence-corrected chi connectivity index (χ2v) is 6.32. The van der Waals surface area contributed by atoms with Crippen molar-refractivity contribution in [3.63, 3.8) is 0 Å². The molecule has 0 aliphatic heterocycles. The number of aromatic nitrogens is 1. The number of H-pyrrole nitrogens is 1. The van der Waals surface area contributed by atoms with Gasteiger partial charge in [-0.3, -0.25) is 9.59 Å². The molecule has 0 fully saturated rings. The fraction of sp³-hybridized carbons (Fsp3) is 0.190. The fourth-order valence-corrected chi connectivity index (χ4v) is 2.84. The number of methoxy groups -OCH3 is 1. The van der Waals surface area contributed by atoms with Crippen LogP contribution in [0, 0.1) is 6.92 Å². The summed E-state index contributed by atoms with van der Waals surface area (Å²) in [6.45, 7) is 1.77. The van der Waals surface area contributed by atoms with E-state index < -0.39 is 5.97 Å². The number of hydrogen-bond donors (Lipinski definition) is 2. The minimum Gasteiger partial charge on any atom is -0.465 e. The summed E-state index contributed by atoms with van der Waals surface area (Å²) in [5, 5.41) is 3.74. The average Bonchev–Trinajstić information content (AvgIpc) is 2.67. The normalized spacial score (nSPS) is 10.6. The smallest absolute Gasteiger partial charge is 0.337 e. The van der Waals surface area contributed by atoms with Crippen molar-refractivity contribution in [2.45, 2.75) is 19.8 Å². The maximum absolute atomic E-state index is 12.2. The van der Waals surface area contributed by atoms with Gasteiger partial charge in [0.25, 0.3) is 5.56 Å². The predicted molar refractivity (Wildman–Crippen MR) is 104 cm³/mol. The highest BCUT2D eigenvalue weighted by atomic mass is 16.5. The number of aromatic amines is 1. The Morgan fingerprint density at radius 1 is 1.11 bits per heavy atom. The first-order chi connectivity index (χ1) is 13.0. The maximum Gasteiger partial charge on any atom is 0.337 e. The molecule has 6 nitrogen and oxygen atoms in total. The molecule has 3 aromatic rings. The Kier molecular flexibility index (Phi) is 5.35. The largest absolute Gasteiger partial charge is 0.465 e. The van der Waals surface area contributed by atoms with Gasteiger partial charge in [0.1, 0.15) is 0 Å². The van der Waals surface area contributed by atoms with Gasteiger partial charge in [0.2, 0.25) is 5.91 Å². The van der Waals surface area contributed by atoms with Crippen molar-refractivity contribution >= 4 is 28.5 Å². The number of carbonyl (C=O) groups excluding carboxylic acids is 2. The molecule has 0 radical (unpaired) electrons. The van der Waals surface area contributed by atoms with E-state index in [1.165, 1.54) is 7.11 Å². The standard InChI is InChI=1S/C21H20N2O4/c1-13-10-15-8-6-14(11-18(15)23-20(13)25)7-9-19(24)22-17-5-3-4-16(12-17)21(26)27-2/h3-6,8,10-12H,7,9H2,1-2H3,(H,22,24)(H,23,25). The monoisotopic (exact) mass is 364 g/mol. The number of hydrogen-bond acceptors (Lipinski definition) is 4. The molecule has 0 spiro atoms. The molecule has 6 heteroatoms. The Labute approximate surface area is 156 Å². The molecule has 3 rings (SSSR count). The van der Waals surface area contributed by atoms with Crippen LogP contribution in [0.25, 0.3) is 10.9 Å². The molecule has 0 aliphatic carbocycles. The van der Waals surface area contributed by atoms with Crippen LogP contribution in [-0.4, -0.2) is 24.0 Å². The molecule has 0 unspecified atom stereocenters. The number of anilines is 1. The van der Waals surface area contributed by atoms with E-state index in [0.717, 1.165) is 16.5 Å². The Morgan fingerprint density at radius 3 is 2.70 bits per heavy atom. The number of benzene rings is 2. The highest BCUT2D eigenvalue weighted by molar-refractivity contribution is 5.94. The highest BCUT2D eigenvalue weighted by Gasteiger charge is 2.08. The second kappa shape index (κ2) is 7.86. The van der Waals surface area contributed by atoms with Crippen molar-refractivity contribution in [3.8, 4) is 0 Å². The number of pyridine rings is 1. The Hall–Kier alpha value is -3.41. The number of nitrogens with one attached hydrogen (secondary N) is 2. The average molecular weight is 364 g/mol. The van der Waals surface area contributed by atoms with Crippen LogP contribution in [0.3, 0.4) is 0 Å². The predicted octanol–water partition coefficient (Wildman–Crippen LogP) is 3.19. The number of amides is 1. The van der Waals surface area contributed by atoms with E-state index in [-0.39, 0.29) is 17.9 Å². The van der Waals surface area contributed by atoms with Gasteiger partial charge in [-0.1, -0.05) is 18.2 Å². The van der Waals surface area contributed by atoms with E-state index in [9.17, 15) is 14.4 Å². The van der Waals surface area contributed by atoms with E-state index in [4.69, 9.17) is 0 Å². The molecule has 0 bridgehead atoms. The van der Waals surface area contributed by atoms with E-state index in [2.05, 4.69) is 15.0 Å². The van der Waals surface area contributed by atoms with Gasteiger partial charge in [0.05, 0.1) is 12.7 Å². The van der Waals surface area contributed by atoms with E-state index >= 15 is 0 Å². The third-order valence-corrected chi connectivity index (χ3v) is 4.30. The second-order valence-electron chi connectivity index (χ2n) is 6.32. The lowest BCUT2D eigenvalue weighted by molar-refractivity contribution is -0.116. The van der Waals surface area contributed by atoms with Gasteiger partial charge in [-0.25, -0.2) is 4.79 Å². The molecule has 0 saturated heterocycles. The molecule has 138 valence electrons. The maximum atomic E-state index is 12.2. The van der Waals surface area contributed by atoms with Crippen LogP contribution in [-0.2, 0) is 16.0 Å². The number of esters is 1. The molecule has 0 aliphatic rings. The van der Waals surface area contributed by atoms with Crippen LogP contribution in [0.2, 0.25) is 0 Å². The molecule has 2 aromatic carbocycles. The molecule has 2 N–H and O–H groups in total. The van der Waals surface area contributed by atoms with Gasteiger partial charge < -0.3 is 15.0 Å². The molecule has 1 amide bonds. The minimum absolute atomic E-state index is 0.108. The molecule has 27 heavy (non-hydrogen) atoms. The molecule has 1 heterocycles. The lowest BCUT2D eigenvalue weighted by Crippen LogP contribution is -2.13. The topological polar surface area (TPSA) is 88.3 Å².